The lowest BCUT2D eigenvalue weighted by Gasteiger charge is -2.09. The van der Waals surface area contributed by atoms with Crippen molar-refractivity contribution >= 4 is 17.3 Å². The Balaban J connectivity index is 1.76. The largest absolute Gasteiger partial charge is 0.416 e. The van der Waals surface area contributed by atoms with E-state index in [1.54, 1.807) is 24.5 Å². The Labute approximate surface area is 140 Å². The maximum Gasteiger partial charge on any atom is 0.416 e. The fourth-order valence-electron chi connectivity index (χ4n) is 2.20. The summed E-state index contributed by atoms with van der Waals surface area (Å²) in [6, 6.07) is 8.39. The molecule has 1 aromatic carbocycles. The molecule has 0 unspecified atom stereocenters. The fourth-order valence-corrected chi connectivity index (χ4v) is 2.31. The van der Waals surface area contributed by atoms with Gasteiger partial charge in [-0.05, 0) is 29.8 Å². The van der Waals surface area contributed by atoms with Crippen molar-refractivity contribution in [1.29, 1.82) is 0 Å². The Kier molecular flexibility index (Phi) is 4.44. The van der Waals surface area contributed by atoms with Crippen LogP contribution in [0.25, 0.3) is 11.3 Å². The van der Waals surface area contributed by atoms with Crippen LogP contribution in [-0.2, 0) is 12.7 Å². The number of aromatic nitrogens is 3. The molecule has 124 valence electrons. The number of hydrogen-bond donors (Lipinski definition) is 2. The summed E-state index contributed by atoms with van der Waals surface area (Å²) in [7, 11) is 0. The van der Waals surface area contributed by atoms with Crippen molar-refractivity contribution in [2.24, 2.45) is 0 Å². The van der Waals surface area contributed by atoms with Crippen molar-refractivity contribution in [3.8, 4) is 11.3 Å². The number of anilines is 1. The molecule has 0 aliphatic carbocycles. The van der Waals surface area contributed by atoms with Crippen LogP contribution in [0.15, 0.2) is 48.8 Å². The van der Waals surface area contributed by atoms with Crippen molar-refractivity contribution in [3.05, 3.63) is 65.1 Å². The maximum absolute atomic E-state index is 12.6. The lowest BCUT2D eigenvalue weighted by atomic mass is 10.1. The van der Waals surface area contributed by atoms with E-state index in [0.717, 1.165) is 23.4 Å². The molecule has 2 aromatic heterocycles. The van der Waals surface area contributed by atoms with Crippen molar-refractivity contribution in [2.45, 2.75) is 12.7 Å². The van der Waals surface area contributed by atoms with Crippen molar-refractivity contribution < 1.29 is 13.2 Å². The first-order valence-corrected chi connectivity index (χ1v) is 7.36. The molecule has 0 spiro atoms. The third-order valence-corrected chi connectivity index (χ3v) is 3.65. The van der Waals surface area contributed by atoms with Gasteiger partial charge in [-0.1, -0.05) is 23.7 Å². The molecule has 0 fully saturated rings. The Hall–Kier alpha value is -2.54. The van der Waals surface area contributed by atoms with E-state index in [9.17, 15) is 13.2 Å². The molecular formula is C16H12ClF3N4. The summed E-state index contributed by atoms with van der Waals surface area (Å²) in [6.07, 6.45) is -1.12. The normalized spacial score (nSPS) is 11.5. The van der Waals surface area contributed by atoms with Gasteiger partial charge in [-0.3, -0.25) is 5.10 Å². The molecular weight excluding hydrogens is 341 g/mol. The summed E-state index contributed by atoms with van der Waals surface area (Å²) in [4.78, 5) is 3.97. The zero-order valence-corrected chi connectivity index (χ0v) is 13.0. The highest BCUT2D eigenvalue weighted by Crippen LogP contribution is 2.31. The fraction of sp³-hybridized carbons (Fsp3) is 0.125. The van der Waals surface area contributed by atoms with Gasteiger partial charge < -0.3 is 5.32 Å². The SMILES string of the molecule is FC(F)(F)c1ccc(-c2[nH]ncc2CNc2ccc(Cl)nc2)cc1. The van der Waals surface area contributed by atoms with Crippen molar-refractivity contribution in [2.75, 3.05) is 5.32 Å². The van der Waals surface area contributed by atoms with E-state index in [0.29, 0.717) is 23.0 Å². The standard InChI is InChI=1S/C16H12ClF3N4/c17-14-6-5-13(9-22-14)21-7-11-8-23-24-15(11)10-1-3-12(4-2-10)16(18,19)20/h1-6,8-9,21H,7H2,(H,23,24). The van der Waals surface area contributed by atoms with E-state index in [4.69, 9.17) is 11.6 Å². The number of alkyl halides is 3. The molecule has 24 heavy (non-hydrogen) atoms. The van der Waals surface area contributed by atoms with E-state index in [2.05, 4.69) is 20.5 Å². The van der Waals surface area contributed by atoms with Crippen LogP contribution >= 0.6 is 11.6 Å². The van der Waals surface area contributed by atoms with Crippen LogP contribution in [0.2, 0.25) is 5.15 Å². The van der Waals surface area contributed by atoms with Gasteiger partial charge in [0.15, 0.2) is 0 Å². The van der Waals surface area contributed by atoms with Crippen molar-refractivity contribution in [1.82, 2.24) is 15.2 Å². The summed E-state index contributed by atoms with van der Waals surface area (Å²) in [5.74, 6) is 0. The first kappa shape index (κ1) is 16.3. The van der Waals surface area contributed by atoms with Crippen LogP contribution in [0.4, 0.5) is 18.9 Å². The van der Waals surface area contributed by atoms with Crippen LogP contribution in [-0.4, -0.2) is 15.2 Å². The number of benzene rings is 1. The molecule has 0 aliphatic rings. The van der Waals surface area contributed by atoms with Crippen LogP contribution in [0.3, 0.4) is 0 Å². The lowest BCUT2D eigenvalue weighted by molar-refractivity contribution is -0.137. The average Bonchev–Trinajstić information content (AvgIpc) is 3.02. The molecule has 3 rings (SSSR count). The van der Waals surface area contributed by atoms with Gasteiger partial charge in [0, 0.05) is 12.1 Å². The van der Waals surface area contributed by atoms with Crippen LogP contribution in [0, 0.1) is 0 Å². The molecule has 0 atom stereocenters. The Morgan fingerprint density at radius 3 is 2.42 bits per heavy atom. The number of H-pyrrole nitrogens is 1. The number of nitrogens with one attached hydrogen (secondary N) is 2. The predicted molar refractivity (Wildman–Crippen MR) is 85.6 cm³/mol. The second-order valence-corrected chi connectivity index (χ2v) is 5.46. The molecule has 3 aromatic rings. The van der Waals surface area contributed by atoms with Gasteiger partial charge in [0.05, 0.1) is 29.3 Å². The smallest absolute Gasteiger partial charge is 0.380 e. The van der Waals surface area contributed by atoms with E-state index in [1.807, 2.05) is 0 Å². The number of hydrogen-bond acceptors (Lipinski definition) is 3. The van der Waals surface area contributed by atoms with Crippen molar-refractivity contribution in [3.63, 3.8) is 0 Å². The summed E-state index contributed by atoms with van der Waals surface area (Å²) >= 11 is 5.73. The molecule has 0 saturated carbocycles. The second kappa shape index (κ2) is 6.52. The highest BCUT2D eigenvalue weighted by atomic mass is 35.5. The number of rotatable bonds is 4. The minimum absolute atomic E-state index is 0.398. The molecule has 0 radical (unpaired) electrons. The number of nitrogens with zero attached hydrogens (tertiary/aromatic N) is 2. The average molecular weight is 353 g/mol. The van der Waals surface area contributed by atoms with Gasteiger partial charge in [-0.2, -0.15) is 18.3 Å². The first-order valence-electron chi connectivity index (χ1n) is 6.99. The predicted octanol–water partition coefficient (Wildman–Crippen LogP) is 4.76. The van der Waals surface area contributed by atoms with Gasteiger partial charge >= 0.3 is 6.18 Å². The molecule has 0 bridgehead atoms. The topological polar surface area (TPSA) is 53.6 Å². The highest BCUT2D eigenvalue weighted by molar-refractivity contribution is 6.29. The van der Waals surface area contributed by atoms with Gasteiger partial charge in [-0.25, -0.2) is 4.98 Å². The summed E-state index contributed by atoms with van der Waals surface area (Å²) in [6.45, 7) is 0.441. The first-order chi connectivity index (χ1) is 11.4. The summed E-state index contributed by atoms with van der Waals surface area (Å²) in [5.41, 5.74) is 2.21. The molecule has 2 N–H and O–H groups in total. The minimum Gasteiger partial charge on any atom is -0.380 e. The summed E-state index contributed by atoms with van der Waals surface area (Å²) < 4.78 is 37.9. The zero-order valence-electron chi connectivity index (χ0n) is 12.2. The van der Waals surface area contributed by atoms with E-state index >= 15 is 0 Å². The molecule has 0 aliphatic heterocycles. The van der Waals surface area contributed by atoms with Gasteiger partial charge in [-0.15, -0.1) is 0 Å². The van der Waals surface area contributed by atoms with Crippen LogP contribution in [0.5, 0.6) is 0 Å². The highest BCUT2D eigenvalue weighted by Gasteiger charge is 2.30. The number of aromatic amines is 1. The quantitative estimate of drug-likeness (QED) is 0.666. The molecule has 8 heteroatoms. The van der Waals surface area contributed by atoms with Crippen LogP contribution in [0.1, 0.15) is 11.1 Å². The maximum atomic E-state index is 12.6. The Morgan fingerprint density at radius 2 is 1.79 bits per heavy atom. The van der Waals surface area contributed by atoms with Gasteiger partial charge in [0.1, 0.15) is 5.15 Å². The third-order valence-electron chi connectivity index (χ3n) is 3.43. The molecule has 0 amide bonds. The molecule has 4 nitrogen and oxygen atoms in total. The Morgan fingerprint density at radius 1 is 1.04 bits per heavy atom. The van der Waals surface area contributed by atoms with E-state index < -0.39 is 11.7 Å². The monoisotopic (exact) mass is 352 g/mol. The van der Waals surface area contributed by atoms with E-state index in [1.165, 1.54) is 12.1 Å². The third kappa shape index (κ3) is 3.68. The minimum atomic E-state index is -4.35. The number of pyridine rings is 1. The second-order valence-electron chi connectivity index (χ2n) is 5.07. The zero-order chi connectivity index (χ0) is 17.2. The molecule has 2 heterocycles. The lowest BCUT2D eigenvalue weighted by Crippen LogP contribution is -2.04. The summed E-state index contributed by atoms with van der Waals surface area (Å²) in [5, 5.41) is 10.3. The van der Waals surface area contributed by atoms with Gasteiger partial charge in [0.25, 0.3) is 0 Å². The van der Waals surface area contributed by atoms with Gasteiger partial charge in [0.2, 0.25) is 0 Å². The van der Waals surface area contributed by atoms with E-state index in [-0.39, 0.29) is 0 Å². The number of halogens is 4. The van der Waals surface area contributed by atoms with Crippen LogP contribution < -0.4 is 5.32 Å². The Bertz CT molecular complexity index is 811. The molecule has 0 saturated heterocycles.